The van der Waals surface area contributed by atoms with Gasteiger partial charge in [-0.25, -0.2) is 9.37 Å². The molecule has 2 aromatic heterocycles. The van der Waals surface area contributed by atoms with Gasteiger partial charge < -0.3 is 10.1 Å². The molecule has 0 aliphatic heterocycles. The first-order valence-corrected chi connectivity index (χ1v) is 7.65. The fourth-order valence-corrected chi connectivity index (χ4v) is 2.70. The quantitative estimate of drug-likeness (QED) is 0.758. The number of hydrogen-bond donors (Lipinski definition) is 1. The first kappa shape index (κ1) is 14.5. The third-order valence-electron chi connectivity index (χ3n) is 3.04. The molecule has 5 nitrogen and oxygen atoms in total. The highest BCUT2D eigenvalue weighted by atomic mass is 32.1. The van der Waals surface area contributed by atoms with E-state index in [1.807, 2.05) is 22.2 Å². The van der Waals surface area contributed by atoms with Gasteiger partial charge in [-0.3, -0.25) is 9.20 Å². The Morgan fingerprint density at radius 2 is 2.27 bits per heavy atom. The lowest BCUT2D eigenvalue weighted by atomic mass is 10.3. The molecule has 3 aromatic rings. The Kier molecular flexibility index (Phi) is 4.34. The number of halogens is 1. The van der Waals surface area contributed by atoms with Crippen molar-refractivity contribution in [3.8, 4) is 5.75 Å². The van der Waals surface area contributed by atoms with Crippen molar-refractivity contribution >= 4 is 22.2 Å². The summed E-state index contributed by atoms with van der Waals surface area (Å²) in [5, 5.41) is 4.69. The summed E-state index contributed by atoms with van der Waals surface area (Å²) in [6.45, 7) is 0.253. The van der Waals surface area contributed by atoms with Gasteiger partial charge in [0.15, 0.2) is 23.1 Å². The third kappa shape index (κ3) is 3.43. The second kappa shape index (κ2) is 6.57. The minimum absolute atomic E-state index is 0.0759. The molecule has 114 valence electrons. The Labute approximate surface area is 130 Å². The lowest BCUT2D eigenvalue weighted by Crippen LogP contribution is -2.30. The van der Waals surface area contributed by atoms with Crippen LogP contribution in [0.2, 0.25) is 0 Å². The van der Waals surface area contributed by atoms with Crippen LogP contribution < -0.4 is 10.1 Å². The molecule has 1 aromatic carbocycles. The predicted octanol–water partition coefficient (Wildman–Crippen LogP) is 2.27. The summed E-state index contributed by atoms with van der Waals surface area (Å²) in [7, 11) is 0. The molecule has 0 atom stereocenters. The fraction of sp³-hybridized carbons (Fsp3) is 0.200. The minimum Gasteiger partial charge on any atom is -0.481 e. The zero-order valence-corrected chi connectivity index (χ0v) is 12.5. The van der Waals surface area contributed by atoms with Crippen LogP contribution in [0, 0.1) is 5.82 Å². The molecule has 0 unspecified atom stereocenters. The SMILES string of the molecule is O=C(COc1ccccc1F)NCCc1cn2ccsc2n1. The van der Waals surface area contributed by atoms with Crippen molar-refractivity contribution in [2.75, 3.05) is 13.2 Å². The van der Waals surface area contributed by atoms with Gasteiger partial charge in [0.25, 0.3) is 5.91 Å². The van der Waals surface area contributed by atoms with E-state index in [0.29, 0.717) is 13.0 Å². The van der Waals surface area contributed by atoms with Crippen molar-refractivity contribution in [1.82, 2.24) is 14.7 Å². The van der Waals surface area contributed by atoms with Gasteiger partial charge >= 0.3 is 0 Å². The molecule has 0 radical (unpaired) electrons. The second-order valence-corrected chi connectivity index (χ2v) is 5.52. The van der Waals surface area contributed by atoms with Crippen LogP contribution in [-0.4, -0.2) is 28.4 Å². The Bertz CT molecular complexity index is 755. The molecule has 1 N–H and O–H groups in total. The number of rotatable bonds is 6. The van der Waals surface area contributed by atoms with Crippen LogP contribution in [0.25, 0.3) is 4.96 Å². The molecule has 2 heterocycles. The van der Waals surface area contributed by atoms with Crippen LogP contribution >= 0.6 is 11.3 Å². The van der Waals surface area contributed by atoms with Gasteiger partial charge in [-0.15, -0.1) is 11.3 Å². The number of para-hydroxylation sites is 1. The van der Waals surface area contributed by atoms with Crippen LogP contribution in [0.15, 0.2) is 42.0 Å². The van der Waals surface area contributed by atoms with Gasteiger partial charge in [0.1, 0.15) is 0 Å². The Hall–Kier alpha value is -2.41. The summed E-state index contributed by atoms with van der Waals surface area (Å²) in [6, 6.07) is 6.00. The number of nitrogens with zero attached hydrogens (tertiary/aromatic N) is 2. The average molecular weight is 319 g/mol. The summed E-state index contributed by atoms with van der Waals surface area (Å²) in [4.78, 5) is 17.0. The number of benzene rings is 1. The number of ether oxygens (including phenoxy) is 1. The molecule has 0 aliphatic carbocycles. The zero-order valence-electron chi connectivity index (χ0n) is 11.7. The van der Waals surface area contributed by atoms with Crippen molar-refractivity contribution in [2.45, 2.75) is 6.42 Å². The van der Waals surface area contributed by atoms with Crippen molar-refractivity contribution in [3.63, 3.8) is 0 Å². The van der Waals surface area contributed by atoms with E-state index >= 15 is 0 Å². The highest BCUT2D eigenvalue weighted by Gasteiger charge is 2.07. The van der Waals surface area contributed by atoms with E-state index in [-0.39, 0.29) is 18.3 Å². The predicted molar refractivity (Wildman–Crippen MR) is 81.7 cm³/mol. The summed E-state index contributed by atoms with van der Waals surface area (Å²) in [5.74, 6) is -0.690. The molecule has 0 fully saturated rings. The van der Waals surface area contributed by atoms with Gasteiger partial charge in [-0.2, -0.15) is 0 Å². The number of thiazole rings is 1. The van der Waals surface area contributed by atoms with Gasteiger partial charge in [0.2, 0.25) is 0 Å². The van der Waals surface area contributed by atoms with Crippen LogP contribution in [-0.2, 0) is 11.2 Å². The normalized spacial score (nSPS) is 10.8. The molecule has 7 heteroatoms. The van der Waals surface area contributed by atoms with Crippen LogP contribution in [0.1, 0.15) is 5.69 Å². The topological polar surface area (TPSA) is 55.6 Å². The number of hydrogen-bond acceptors (Lipinski definition) is 4. The van der Waals surface area contributed by atoms with E-state index in [9.17, 15) is 9.18 Å². The van der Waals surface area contributed by atoms with Crippen molar-refractivity contribution in [3.05, 3.63) is 53.6 Å². The number of nitrogens with one attached hydrogen (secondary N) is 1. The lowest BCUT2D eigenvalue weighted by Gasteiger charge is -2.07. The van der Waals surface area contributed by atoms with E-state index in [1.165, 1.54) is 12.1 Å². The van der Waals surface area contributed by atoms with Crippen LogP contribution in [0.4, 0.5) is 4.39 Å². The number of carbonyl (C=O) groups is 1. The standard InChI is InChI=1S/C15H14FN3O2S/c16-12-3-1-2-4-13(12)21-10-14(20)17-6-5-11-9-19-7-8-22-15(19)18-11/h1-4,7-9H,5-6,10H2,(H,17,20). The number of fused-ring (bicyclic) bond motifs is 1. The lowest BCUT2D eigenvalue weighted by molar-refractivity contribution is -0.123. The molecule has 1 amide bonds. The van der Waals surface area contributed by atoms with Crippen molar-refractivity contribution in [2.24, 2.45) is 0 Å². The van der Waals surface area contributed by atoms with E-state index in [0.717, 1.165) is 10.7 Å². The number of imidazole rings is 1. The van der Waals surface area contributed by atoms with E-state index in [2.05, 4.69) is 10.3 Å². The first-order valence-electron chi connectivity index (χ1n) is 6.77. The Morgan fingerprint density at radius 3 is 3.09 bits per heavy atom. The number of carbonyl (C=O) groups excluding carboxylic acids is 1. The van der Waals surface area contributed by atoms with E-state index in [1.54, 1.807) is 23.5 Å². The van der Waals surface area contributed by atoms with Crippen LogP contribution in [0.5, 0.6) is 5.75 Å². The molecule has 3 rings (SSSR count). The molecule has 0 bridgehead atoms. The van der Waals surface area contributed by atoms with E-state index in [4.69, 9.17) is 4.74 Å². The fourth-order valence-electron chi connectivity index (χ4n) is 1.98. The maximum atomic E-state index is 13.3. The summed E-state index contributed by atoms with van der Waals surface area (Å²) in [5.41, 5.74) is 0.919. The molecular formula is C15H14FN3O2S. The van der Waals surface area contributed by atoms with E-state index < -0.39 is 5.82 Å². The molecule has 0 saturated heterocycles. The van der Waals surface area contributed by atoms with Crippen LogP contribution in [0.3, 0.4) is 0 Å². The molecule has 0 spiro atoms. The van der Waals surface area contributed by atoms with Gasteiger partial charge in [-0.05, 0) is 12.1 Å². The molecule has 0 saturated carbocycles. The number of amides is 1. The summed E-state index contributed by atoms with van der Waals surface area (Å²) in [6.07, 6.45) is 4.52. The maximum absolute atomic E-state index is 13.3. The van der Waals surface area contributed by atoms with Gasteiger partial charge in [-0.1, -0.05) is 12.1 Å². The maximum Gasteiger partial charge on any atom is 0.257 e. The van der Waals surface area contributed by atoms with Gasteiger partial charge in [0, 0.05) is 30.7 Å². The smallest absolute Gasteiger partial charge is 0.257 e. The van der Waals surface area contributed by atoms with Crippen molar-refractivity contribution in [1.29, 1.82) is 0 Å². The second-order valence-electron chi connectivity index (χ2n) is 4.64. The highest BCUT2D eigenvalue weighted by molar-refractivity contribution is 7.15. The largest absolute Gasteiger partial charge is 0.481 e. The molecule has 0 aliphatic rings. The Balaban J connectivity index is 1.42. The molecule has 22 heavy (non-hydrogen) atoms. The summed E-state index contributed by atoms with van der Waals surface area (Å²) >= 11 is 1.56. The van der Waals surface area contributed by atoms with Gasteiger partial charge in [0.05, 0.1) is 5.69 Å². The Morgan fingerprint density at radius 1 is 1.41 bits per heavy atom. The number of aromatic nitrogens is 2. The average Bonchev–Trinajstić information content (AvgIpc) is 3.07. The third-order valence-corrected chi connectivity index (χ3v) is 3.81. The first-order chi connectivity index (χ1) is 10.7. The van der Waals surface area contributed by atoms with Crippen molar-refractivity contribution < 1.29 is 13.9 Å². The summed E-state index contributed by atoms with van der Waals surface area (Å²) < 4.78 is 20.4. The monoisotopic (exact) mass is 319 g/mol. The molecular weight excluding hydrogens is 305 g/mol. The minimum atomic E-state index is -0.478. The highest BCUT2D eigenvalue weighted by Crippen LogP contribution is 2.15. The zero-order chi connectivity index (χ0) is 15.4.